The van der Waals surface area contributed by atoms with Crippen molar-refractivity contribution in [3.8, 4) is 22.7 Å². The van der Waals surface area contributed by atoms with Crippen LogP contribution in [0, 0.1) is 0 Å². The molecule has 0 spiro atoms. The maximum absolute atomic E-state index is 12.3. The molecule has 3 aromatic carbocycles. The molecule has 12 heteroatoms. The van der Waals surface area contributed by atoms with Crippen LogP contribution in [0.5, 0.6) is 5.75 Å². The summed E-state index contributed by atoms with van der Waals surface area (Å²) in [5.41, 5.74) is 6.13. The van der Waals surface area contributed by atoms with Crippen molar-refractivity contribution in [2.75, 3.05) is 5.32 Å². The van der Waals surface area contributed by atoms with Crippen molar-refractivity contribution in [3.63, 3.8) is 0 Å². The number of thiocarbonyl (C=S) groups is 1. The van der Waals surface area contributed by atoms with Gasteiger partial charge in [0.05, 0.1) is 33.3 Å². The zero-order valence-corrected chi connectivity index (χ0v) is 20.5. The summed E-state index contributed by atoms with van der Waals surface area (Å²) in [6.45, 7) is 0. The summed E-state index contributed by atoms with van der Waals surface area (Å²) in [5.74, 6) is -0.297. The van der Waals surface area contributed by atoms with Gasteiger partial charge in [0.15, 0.2) is 5.11 Å². The number of hydrogen-bond acceptors (Lipinski definition) is 4. The summed E-state index contributed by atoms with van der Waals surface area (Å²) in [7, 11) is 0. The van der Waals surface area contributed by atoms with Crippen molar-refractivity contribution in [1.82, 2.24) is 15.2 Å². The predicted octanol–water partition coefficient (Wildman–Crippen LogP) is 7.07. The molecule has 0 atom stereocenters. The summed E-state index contributed by atoms with van der Waals surface area (Å²) in [5, 5.41) is 12.6. The van der Waals surface area contributed by atoms with Gasteiger partial charge in [0.2, 0.25) is 0 Å². The number of halogens is 5. The van der Waals surface area contributed by atoms with E-state index in [-0.39, 0.29) is 10.9 Å². The number of aromatic nitrogens is 2. The van der Waals surface area contributed by atoms with E-state index in [9.17, 15) is 13.2 Å². The van der Waals surface area contributed by atoms with E-state index in [1.165, 1.54) is 24.3 Å². The maximum atomic E-state index is 12.3. The number of nitrogens with zero attached hydrogens (tertiary/aromatic N) is 3. The number of hydrogen-bond donors (Lipinski definition) is 2. The standard InChI is InChI=1S/C24H16Cl2F3N5OS/c25-19-2-1-3-20(26)22(19)31-23(36)32-30-14-15-4-6-16(7-5-15)21-12-13-34(33-21)17-8-10-18(11-9-17)35-24(27,28)29/h1-14H,(H2,31,32,36)/b30-14+. The first-order valence-electron chi connectivity index (χ1n) is 10.2. The van der Waals surface area contributed by atoms with E-state index in [2.05, 4.69) is 25.7 Å². The molecule has 0 saturated heterocycles. The summed E-state index contributed by atoms with van der Waals surface area (Å²) in [6, 6.07) is 19.8. The van der Waals surface area contributed by atoms with Gasteiger partial charge in [-0.25, -0.2) is 4.68 Å². The second-order valence-corrected chi connectivity index (χ2v) is 8.45. The molecule has 4 aromatic rings. The van der Waals surface area contributed by atoms with E-state index < -0.39 is 6.36 Å². The quantitative estimate of drug-likeness (QED) is 0.153. The molecule has 4 rings (SSSR count). The number of nitrogens with one attached hydrogen (secondary N) is 2. The average Bonchev–Trinajstić information content (AvgIpc) is 3.32. The fourth-order valence-corrected chi connectivity index (χ4v) is 3.73. The molecule has 0 saturated carbocycles. The lowest BCUT2D eigenvalue weighted by atomic mass is 10.1. The van der Waals surface area contributed by atoms with Crippen LogP contribution in [0.4, 0.5) is 18.9 Å². The molecule has 6 nitrogen and oxygen atoms in total. The largest absolute Gasteiger partial charge is 0.573 e. The number of hydrazone groups is 1. The van der Waals surface area contributed by atoms with Crippen LogP contribution in [0.15, 0.2) is 84.1 Å². The third kappa shape index (κ3) is 6.75. The van der Waals surface area contributed by atoms with Crippen LogP contribution in [-0.4, -0.2) is 27.5 Å². The highest BCUT2D eigenvalue weighted by Crippen LogP contribution is 2.29. The van der Waals surface area contributed by atoms with Gasteiger partial charge >= 0.3 is 6.36 Å². The molecule has 0 aliphatic heterocycles. The van der Waals surface area contributed by atoms with Gasteiger partial charge in [0.1, 0.15) is 5.75 Å². The molecular weight excluding hydrogens is 534 g/mol. The van der Waals surface area contributed by atoms with Crippen LogP contribution in [0.2, 0.25) is 10.0 Å². The van der Waals surface area contributed by atoms with Crippen molar-refractivity contribution >= 4 is 52.4 Å². The minimum atomic E-state index is -4.74. The van der Waals surface area contributed by atoms with E-state index in [1.807, 2.05) is 24.3 Å². The Balaban J connectivity index is 1.36. The van der Waals surface area contributed by atoms with Gasteiger partial charge in [0, 0.05) is 11.8 Å². The zero-order chi connectivity index (χ0) is 25.7. The molecule has 1 aromatic heterocycles. The number of ether oxygens (including phenoxy) is 1. The van der Waals surface area contributed by atoms with E-state index in [0.717, 1.165) is 11.1 Å². The Morgan fingerprint density at radius 3 is 2.28 bits per heavy atom. The summed E-state index contributed by atoms with van der Waals surface area (Å²) in [4.78, 5) is 0. The Morgan fingerprint density at radius 2 is 1.64 bits per heavy atom. The number of para-hydroxylation sites is 1. The summed E-state index contributed by atoms with van der Waals surface area (Å²) < 4.78 is 42.4. The Bertz CT molecular complexity index is 1370. The molecule has 184 valence electrons. The van der Waals surface area contributed by atoms with Gasteiger partial charge in [-0.2, -0.15) is 10.2 Å². The fraction of sp³-hybridized carbons (Fsp3) is 0.0417. The highest BCUT2D eigenvalue weighted by Gasteiger charge is 2.31. The minimum absolute atomic E-state index is 0.224. The van der Waals surface area contributed by atoms with Crippen molar-refractivity contribution in [1.29, 1.82) is 0 Å². The number of benzene rings is 3. The van der Waals surface area contributed by atoms with Crippen molar-refractivity contribution in [2.45, 2.75) is 6.36 Å². The second kappa shape index (κ2) is 11.0. The van der Waals surface area contributed by atoms with Crippen LogP contribution in [0.25, 0.3) is 16.9 Å². The first-order valence-corrected chi connectivity index (χ1v) is 11.4. The van der Waals surface area contributed by atoms with E-state index in [1.54, 1.807) is 41.4 Å². The second-order valence-electron chi connectivity index (χ2n) is 7.23. The molecule has 0 fully saturated rings. The van der Waals surface area contributed by atoms with E-state index >= 15 is 0 Å². The lowest BCUT2D eigenvalue weighted by molar-refractivity contribution is -0.274. The van der Waals surface area contributed by atoms with E-state index in [4.69, 9.17) is 35.4 Å². The molecule has 0 unspecified atom stereocenters. The number of anilines is 1. The third-order valence-corrected chi connectivity index (χ3v) is 5.53. The molecular formula is C24H16Cl2F3N5OS. The molecule has 2 N–H and O–H groups in total. The number of rotatable bonds is 6. The first-order chi connectivity index (χ1) is 17.2. The monoisotopic (exact) mass is 549 g/mol. The lowest BCUT2D eigenvalue weighted by Crippen LogP contribution is -2.24. The smallest absolute Gasteiger partial charge is 0.406 e. The predicted molar refractivity (Wildman–Crippen MR) is 139 cm³/mol. The topological polar surface area (TPSA) is 63.5 Å². The molecule has 0 amide bonds. The zero-order valence-electron chi connectivity index (χ0n) is 18.1. The van der Waals surface area contributed by atoms with Crippen molar-refractivity contribution in [3.05, 3.63) is 94.6 Å². The highest BCUT2D eigenvalue weighted by atomic mass is 35.5. The minimum Gasteiger partial charge on any atom is -0.406 e. The van der Waals surface area contributed by atoms with Gasteiger partial charge < -0.3 is 10.1 Å². The van der Waals surface area contributed by atoms with Gasteiger partial charge in [-0.15, -0.1) is 13.2 Å². The first kappa shape index (κ1) is 25.5. The van der Waals surface area contributed by atoms with Crippen LogP contribution in [0.3, 0.4) is 0 Å². The van der Waals surface area contributed by atoms with Crippen molar-refractivity contribution in [2.24, 2.45) is 5.10 Å². The van der Waals surface area contributed by atoms with Crippen LogP contribution < -0.4 is 15.5 Å². The third-order valence-electron chi connectivity index (χ3n) is 4.71. The van der Waals surface area contributed by atoms with Crippen LogP contribution in [-0.2, 0) is 0 Å². The SMILES string of the molecule is FC(F)(F)Oc1ccc(-n2ccc(-c3ccc(/C=N/NC(=S)Nc4c(Cl)cccc4Cl)cc3)n2)cc1. The number of alkyl halides is 3. The van der Waals surface area contributed by atoms with Crippen LogP contribution >= 0.6 is 35.4 Å². The average molecular weight is 550 g/mol. The maximum Gasteiger partial charge on any atom is 0.573 e. The molecule has 0 radical (unpaired) electrons. The fourth-order valence-electron chi connectivity index (χ4n) is 3.09. The Kier molecular flexibility index (Phi) is 7.78. The highest BCUT2D eigenvalue weighted by molar-refractivity contribution is 7.80. The normalized spacial score (nSPS) is 11.5. The molecule has 0 aliphatic carbocycles. The van der Waals surface area contributed by atoms with Crippen molar-refractivity contribution < 1.29 is 17.9 Å². The summed E-state index contributed by atoms with van der Waals surface area (Å²) >= 11 is 17.4. The molecule has 0 bridgehead atoms. The Morgan fingerprint density at radius 1 is 0.972 bits per heavy atom. The summed E-state index contributed by atoms with van der Waals surface area (Å²) in [6.07, 6.45) is -1.43. The molecule has 1 heterocycles. The lowest BCUT2D eigenvalue weighted by Gasteiger charge is -2.10. The van der Waals surface area contributed by atoms with Crippen LogP contribution in [0.1, 0.15) is 5.56 Å². The molecule has 36 heavy (non-hydrogen) atoms. The Labute approximate surface area is 219 Å². The van der Waals surface area contributed by atoms with Gasteiger partial charge in [-0.3, -0.25) is 5.43 Å². The van der Waals surface area contributed by atoms with Gasteiger partial charge in [-0.1, -0.05) is 53.5 Å². The molecule has 0 aliphatic rings. The van der Waals surface area contributed by atoms with Gasteiger partial charge in [-0.05, 0) is 60.2 Å². The van der Waals surface area contributed by atoms with E-state index in [0.29, 0.717) is 27.1 Å². The van der Waals surface area contributed by atoms with Gasteiger partial charge in [0.25, 0.3) is 0 Å². The Hall–Kier alpha value is -3.60.